The molecule has 0 aromatic heterocycles. The van der Waals surface area contributed by atoms with Crippen LogP contribution >= 0.6 is 0 Å². The number of hydrogen-bond acceptors (Lipinski definition) is 2. The SMILES string of the molecule is CC1CN(C(=O)[C@@H]2CCC[C@@H]2C(=O)O)CC1C. The first-order chi connectivity index (χ1) is 8.00. The lowest BCUT2D eigenvalue weighted by Crippen LogP contribution is -2.38. The summed E-state index contributed by atoms with van der Waals surface area (Å²) in [7, 11) is 0. The normalized spacial score (nSPS) is 37.4. The zero-order valence-corrected chi connectivity index (χ0v) is 10.6. The van der Waals surface area contributed by atoms with E-state index in [1.54, 1.807) is 0 Å². The van der Waals surface area contributed by atoms with E-state index in [0.29, 0.717) is 18.3 Å². The molecular weight excluding hydrogens is 218 g/mol. The van der Waals surface area contributed by atoms with Gasteiger partial charge < -0.3 is 10.0 Å². The summed E-state index contributed by atoms with van der Waals surface area (Å²) in [5.41, 5.74) is 0. The molecule has 4 atom stereocenters. The molecule has 4 heteroatoms. The number of aliphatic carboxylic acids is 1. The minimum Gasteiger partial charge on any atom is -0.481 e. The first-order valence-corrected chi connectivity index (χ1v) is 6.52. The van der Waals surface area contributed by atoms with Crippen molar-refractivity contribution >= 4 is 11.9 Å². The Morgan fingerprint density at radius 1 is 1.06 bits per heavy atom. The second-order valence-electron chi connectivity index (χ2n) is 5.68. The average Bonchev–Trinajstić information content (AvgIpc) is 2.85. The Morgan fingerprint density at radius 3 is 2.12 bits per heavy atom. The number of rotatable bonds is 2. The molecule has 0 radical (unpaired) electrons. The summed E-state index contributed by atoms with van der Waals surface area (Å²) in [6.07, 6.45) is 2.27. The van der Waals surface area contributed by atoms with E-state index >= 15 is 0 Å². The van der Waals surface area contributed by atoms with E-state index < -0.39 is 11.9 Å². The minimum atomic E-state index is -0.804. The van der Waals surface area contributed by atoms with Crippen LogP contribution in [0.4, 0.5) is 0 Å². The number of nitrogens with zero attached hydrogens (tertiary/aromatic N) is 1. The van der Waals surface area contributed by atoms with Crippen molar-refractivity contribution in [1.29, 1.82) is 0 Å². The molecule has 1 N–H and O–H groups in total. The largest absolute Gasteiger partial charge is 0.481 e. The fourth-order valence-corrected chi connectivity index (χ4v) is 3.10. The van der Waals surface area contributed by atoms with Crippen LogP contribution in [0, 0.1) is 23.7 Å². The van der Waals surface area contributed by atoms with Gasteiger partial charge in [-0.3, -0.25) is 9.59 Å². The maximum Gasteiger partial charge on any atom is 0.307 e. The first-order valence-electron chi connectivity index (χ1n) is 6.52. The van der Waals surface area contributed by atoms with Gasteiger partial charge in [0.15, 0.2) is 0 Å². The lowest BCUT2D eigenvalue weighted by atomic mass is 9.95. The highest BCUT2D eigenvalue weighted by Crippen LogP contribution is 2.35. The van der Waals surface area contributed by atoms with Crippen LogP contribution in [-0.2, 0) is 9.59 Å². The highest BCUT2D eigenvalue weighted by Gasteiger charge is 2.41. The zero-order valence-electron chi connectivity index (χ0n) is 10.6. The number of amides is 1. The van der Waals surface area contributed by atoms with Gasteiger partial charge in [-0.15, -0.1) is 0 Å². The van der Waals surface area contributed by atoms with Crippen molar-refractivity contribution in [2.75, 3.05) is 13.1 Å². The maximum atomic E-state index is 12.3. The fraction of sp³-hybridized carbons (Fsp3) is 0.846. The second-order valence-corrected chi connectivity index (χ2v) is 5.68. The summed E-state index contributed by atoms with van der Waals surface area (Å²) >= 11 is 0. The van der Waals surface area contributed by atoms with E-state index in [0.717, 1.165) is 25.9 Å². The monoisotopic (exact) mass is 239 g/mol. The number of carboxylic acids is 1. The number of likely N-dealkylation sites (tertiary alicyclic amines) is 1. The Kier molecular flexibility index (Phi) is 3.40. The predicted octanol–water partition coefficient (Wildman–Crippen LogP) is 1.60. The highest BCUT2D eigenvalue weighted by molar-refractivity contribution is 5.85. The highest BCUT2D eigenvalue weighted by atomic mass is 16.4. The molecule has 2 fully saturated rings. The van der Waals surface area contributed by atoms with Crippen LogP contribution in [0.3, 0.4) is 0 Å². The van der Waals surface area contributed by atoms with Gasteiger partial charge in [0.2, 0.25) is 5.91 Å². The molecular formula is C13H21NO3. The van der Waals surface area contributed by atoms with Gasteiger partial charge in [0.05, 0.1) is 11.8 Å². The average molecular weight is 239 g/mol. The smallest absolute Gasteiger partial charge is 0.307 e. The molecule has 0 aromatic rings. The number of carbonyl (C=O) groups is 2. The Bertz CT molecular complexity index is 319. The first kappa shape index (κ1) is 12.4. The number of carboxylic acid groups (broad SMARTS) is 1. The molecule has 2 aliphatic rings. The van der Waals surface area contributed by atoms with Gasteiger partial charge in [-0.1, -0.05) is 20.3 Å². The molecule has 1 saturated heterocycles. The molecule has 2 rings (SSSR count). The van der Waals surface area contributed by atoms with Crippen molar-refractivity contribution in [2.24, 2.45) is 23.7 Å². The summed E-state index contributed by atoms with van der Waals surface area (Å²) in [4.78, 5) is 25.3. The number of hydrogen-bond donors (Lipinski definition) is 1. The lowest BCUT2D eigenvalue weighted by molar-refractivity contribution is -0.148. The van der Waals surface area contributed by atoms with Gasteiger partial charge in [0.1, 0.15) is 0 Å². The third-order valence-electron chi connectivity index (χ3n) is 4.45. The summed E-state index contributed by atoms with van der Waals surface area (Å²) in [5.74, 6) is -0.391. The van der Waals surface area contributed by atoms with E-state index in [2.05, 4.69) is 13.8 Å². The van der Waals surface area contributed by atoms with Crippen LogP contribution in [-0.4, -0.2) is 35.0 Å². The van der Waals surface area contributed by atoms with E-state index in [-0.39, 0.29) is 11.8 Å². The fourth-order valence-electron chi connectivity index (χ4n) is 3.10. The molecule has 1 aliphatic heterocycles. The number of carbonyl (C=O) groups excluding carboxylic acids is 1. The zero-order chi connectivity index (χ0) is 12.6. The third-order valence-corrected chi connectivity index (χ3v) is 4.45. The summed E-state index contributed by atoms with van der Waals surface area (Å²) < 4.78 is 0. The minimum absolute atomic E-state index is 0.0751. The molecule has 0 aromatic carbocycles. The molecule has 17 heavy (non-hydrogen) atoms. The van der Waals surface area contributed by atoms with E-state index in [9.17, 15) is 9.59 Å². The van der Waals surface area contributed by atoms with Crippen molar-refractivity contribution in [2.45, 2.75) is 33.1 Å². The Hall–Kier alpha value is -1.06. The lowest BCUT2D eigenvalue weighted by Gasteiger charge is -2.23. The van der Waals surface area contributed by atoms with Crippen LogP contribution in [0.1, 0.15) is 33.1 Å². The van der Waals surface area contributed by atoms with Crippen LogP contribution in [0.15, 0.2) is 0 Å². The summed E-state index contributed by atoms with van der Waals surface area (Å²) in [6.45, 7) is 5.90. The molecule has 96 valence electrons. The standard InChI is InChI=1S/C13H21NO3/c1-8-6-14(7-9(8)2)12(15)10-4-3-5-11(10)13(16)17/h8-11H,3-7H2,1-2H3,(H,16,17)/t8?,9?,10-,11+/m1/s1. The maximum absolute atomic E-state index is 12.3. The van der Waals surface area contributed by atoms with Crippen molar-refractivity contribution < 1.29 is 14.7 Å². The summed E-state index contributed by atoms with van der Waals surface area (Å²) in [5, 5.41) is 9.11. The molecule has 1 saturated carbocycles. The quantitative estimate of drug-likeness (QED) is 0.796. The van der Waals surface area contributed by atoms with Crippen LogP contribution in [0.5, 0.6) is 0 Å². The Labute approximate surface area is 102 Å². The second kappa shape index (κ2) is 4.67. The van der Waals surface area contributed by atoms with Gasteiger partial charge in [-0.2, -0.15) is 0 Å². The van der Waals surface area contributed by atoms with Gasteiger partial charge in [-0.25, -0.2) is 0 Å². The van der Waals surface area contributed by atoms with Crippen molar-refractivity contribution in [3.05, 3.63) is 0 Å². The van der Waals surface area contributed by atoms with E-state index in [1.807, 2.05) is 4.90 Å². The molecule has 4 nitrogen and oxygen atoms in total. The van der Waals surface area contributed by atoms with Crippen LogP contribution in [0.25, 0.3) is 0 Å². The Balaban J connectivity index is 2.03. The van der Waals surface area contributed by atoms with Crippen molar-refractivity contribution in [1.82, 2.24) is 4.90 Å². The van der Waals surface area contributed by atoms with Gasteiger partial charge in [0.25, 0.3) is 0 Å². The topological polar surface area (TPSA) is 57.6 Å². The molecule has 1 heterocycles. The molecule has 1 amide bonds. The Morgan fingerprint density at radius 2 is 1.59 bits per heavy atom. The van der Waals surface area contributed by atoms with E-state index in [4.69, 9.17) is 5.11 Å². The molecule has 2 unspecified atom stereocenters. The van der Waals surface area contributed by atoms with Gasteiger partial charge >= 0.3 is 5.97 Å². The molecule has 0 bridgehead atoms. The summed E-state index contributed by atoms with van der Waals surface area (Å²) in [6, 6.07) is 0. The molecule has 1 aliphatic carbocycles. The third kappa shape index (κ3) is 2.31. The van der Waals surface area contributed by atoms with E-state index in [1.165, 1.54) is 0 Å². The van der Waals surface area contributed by atoms with Crippen molar-refractivity contribution in [3.8, 4) is 0 Å². The van der Waals surface area contributed by atoms with Gasteiger partial charge in [0, 0.05) is 13.1 Å². The van der Waals surface area contributed by atoms with Crippen LogP contribution < -0.4 is 0 Å². The van der Waals surface area contributed by atoms with Crippen molar-refractivity contribution in [3.63, 3.8) is 0 Å². The molecule has 0 spiro atoms. The van der Waals surface area contributed by atoms with Gasteiger partial charge in [-0.05, 0) is 24.7 Å². The van der Waals surface area contributed by atoms with Crippen LogP contribution in [0.2, 0.25) is 0 Å². The predicted molar refractivity (Wildman–Crippen MR) is 63.4 cm³/mol.